The Kier molecular flexibility index (Phi) is 5.30. The van der Waals surface area contributed by atoms with Crippen molar-refractivity contribution in [3.8, 4) is 0 Å². The zero-order valence-corrected chi connectivity index (χ0v) is 14.0. The van der Waals surface area contributed by atoms with Crippen molar-refractivity contribution in [2.45, 2.75) is 10.6 Å². The number of nitrogens with one attached hydrogen (secondary N) is 2. The van der Waals surface area contributed by atoms with Crippen LogP contribution in [-0.2, 0) is 5.75 Å². The number of thioether (sulfide) groups is 1. The molecule has 1 aromatic heterocycles. The maximum Gasteiger partial charge on any atom is 0.272 e. The second kappa shape index (κ2) is 7.81. The molecule has 0 aliphatic heterocycles. The van der Waals surface area contributed by atoms with Gasteiger partial charge in [0.25, 0.3) is 5.91 Å². The molecule has 0 saturated carbocycles. The zero-order chi connectivity index (χ0) is 17.6. The number of pyridine rings is 1. The molecule has 0 bridgehead atoms. The van der Waals surface area contributed by atoms with Gasteiger partial charge < -0.3 is 10.3 Å². The minimum Gasteiger partial charge on any atom is -0.320 e. The molecule has 3 rings (SSSR count). The summed E-state index contributed by atoms with van der Waals surface area (Å²) in [6.07, 6.45) is 0. The predicted octanol–water partition coefficient (Wildman–Crippen LogP) is 4.06. The Morgan fingerprint density at radius 1 is 1.00 bits per heavy atom. The van der Waals surface area contributed by atoms with Gasteiger partial charge in [-0.3, -0.25) is 9.59 Å². The number of hydrogen-bond donors (Lipinski definition) is 2. The average molecular weight is 354 g/mol. The number of hydrogen-bond acceptors (Lipinski definition) is 3. The number of H-pyrrole nitrogens is 1. The van der Waals surface area contributed by atoms with Gasteiger partial charge in [-0.1, -0.05) is 36.4 Å². The largest absolute Gasteiger partial charge is 0.320 e. The number of amides is 1. The number of aromatic amines is 1. The fourth-order valence-electron chi connectivity index (χ4n) is 2.24. The van der Waals surface area contributed by atoms with Crippen molar-refractivity contribution < 1.29 is 9.18 Å². The number of halogens is 1. The zero-order valence-electron chi connectivity index (χ0n) is 13.2. The number of para-hydroxylation sites is 1. The molecule has 0 saturated heterocycles. The molecule has 4 nitrogen and oxygen atoms in total. The Labute approximate surface area is 148 Å². The van der Waals surface area contributed by atoms with E-state index in [1.54, 1.807) is 30.3 Å². The van der Waals surface area contributed by atoms with Crippen molar-refractivity contribution in [2.75, 3.05) is 5.32 Å². The van der Waals surface area contributed by atoms with Crippen LogP contribution in [0.25, 0.3) is 0 Å². The molecule has 0 spiro atoms. The van der Waals surface area contributed by atoms with Crippen LogP contribution in [0.1, 0.15) is 16.1 Å². The maximum atomic E-state index is 13.7. The number of carbonyl (C=O) groups is 1. The maximum absolute atomic E-state index is 13.7. The van der Waals surface area contributed by atoms with E-state index in [1.165, 1.54) is 36.0 Å². The van der Waals surface area contributed by atoms with Crippen LogP contribution in [0.15, 0.2) is 76.4 Å². The van der Waals surface area contributed by atoms with E-state index in [0.717, 1.165) is 4.90 Å². The van der Waals surface area contributed by atoms with Crippen LogP contribution in [0.4, 0.5) is 10.1 Å². The molecule has 0 fully saturated rings. The Morgan fingerprint density at radius 3 is 2.56 bits per heavy atom. The smallest absolute Gasteiger partial charge is 0.272 e. The van der Waals surface area contributed by atoms with Gasteiger partial charge in [0.1, 0.15) is 11.5 Å². The Morgan fingerprint density at radius 2 is 1.76 bits per heavy atom. The summed E-state index contributed by atoms with van der Waals surface area (Å²) in [6.45, 7) is 0. The summed E-state index contributed by atoms with van der Waals surface area (Å²) >= 11 is 1.43. The molecule has 0 atom stereocenters. The van der Waals surface area contributed by atoms with Gasteiger partial charge in [0.15, 0.2) is 0 Å². The van der Waals surface area contributed by atoms with Gasteiger partial charge in [0.2, 0.25) is 5.56 Å². The molecule has 0 radical (unpaired) electrons. The number of rotatable bonds is 5. The SMILES string of the molecule is O=C(Nc1ccccc1SCc1ccccc1F)c1cccc(=O)[nH]1. The Hall–Kier alpha value is -2.86. The van der Waals surface area contributed by atoms with E-state index >= 15 is 0 Å². The molecule has 1 amide bonds. The van der Waals surface area contributed by atoms with Crippen molar-refractivity contribution in [1.29, 1.82) is 0 Å². The highest BCUT2D eigenvalue weighted by molar-refractivity contribution is 7.98. The molecule has 6 heteroatoms. The van der Waals surface area contributed by atoms with Crippen molar-refractivity contribution >= 4 is 23.4 Å². The summed E-state index contributed by atoms with van der Waals surface area (Å²) in [5, 5.41) is 2.78. The van der Waals surface area contributed by atoms with Crippen molar-refractivity contribution in [3.63, 3.8) is 0 Å². The summed E-state index contributed by atoms with van der Waals surface area (Å²) in [4.78, 5) is 26.9. The molecule has 0 aliphatic rings. The highest BCUT2D eigenvalue weighted by Crippen LogP contribution is 2.30. The number of benzene rings is 2. The molecule has 25 heavy (non-hydrogen) atoms. The summed E-state index contributed by atoms with van der Waals surface area (Å²) in [6, 6.07) is 18.3. The number of carbonyl (C=O) groups excluding carboxylic acids is 1. The molecular formula is C19H15FN2O2S. The first-order chi connectivity index (χ1) is 12.1. The molecule has 2 aromatic carbocycles. The van der Waals surface area contributed by atoms with Gasteiger partial charge in [-0.15, -0.1) is 11.8 Å². The number of anilines is 1. The third kappa shape index (κ3) is 4.36. The van der Waals surface area contributed by atoms with Crippen molar-refractivity contribution in [3.05, 3.63) is 94.2 Å². The topological polar surface area (TPSA) is 62.0 Å². The van der Waals surface area contributed by atoms with Crippen molar-refractivity contribution in [2.24, 2.45) is 0 Å². The van der Waals surface area contributed by atoms with E-state index < -0.39 is 5.91 Å². The lowest BCUT2D eigenvalue weighted by Gasteiger charge is -2.11. The van der Waals surface area contributed by atoms with Crippen LogP contribution in [0, 0.1) is 5.82 Å². The lowest BCUT2D eigenvalue weighted by Crippen LogP contribution is -2.18. The molecule has 2 N–H and O–H groups in total. The van der Waals surface area contributed by atoms with Crippen LogP contribution < -0.4 is 10.9 Å². The van der Waals surface area contributed by atoms with Crippen LogP contribution in [0.3, 0.4) is 0 Å². The van der Waals surface area contributed by atoms with E-state index in [0.29, 0.717) is 17.0 Å². The first-order valence-electron chi connectivity index (χ1n) is 7.59. The van der Waals surface area contributed by atoms with Gasteiger partial charge in [0.05, 0.1) is 5.69 Å². The summed E-state index contributed by atoms with van der Waals surface area (Å²) in [5.41, 5.74) is 1.05. The quantitative estimate of drug-likeness (QED) is 0.679. The minimum atomic E-state index is -0.406. The van der Waals surface area contributed by atoms with Crippen LogP contribution in [-0.4, -0.2) is 10.9 Å². The molecular weight excluding hydrogens is 339 g/mol. The standard InChI is InChI=1S/C19H15FN2O2S/c20-14-7-2-1-6-13(14)12-25-17-10-4-3-8-15(17)22-19(24)16-9-5-11-18(23)21-16/h1-11H,12H2,(H,21,23)(H,22,24). The Bertz CT molecular complexity index is 956. The molecule has 126 valence electrons. The van der Waals surface area contributed by atoms with E-state index in [-0.39, 0.29) is 17.1 Å². The normalized spacial score (nSPS) is 10.4. The monoisotopic (exact) mass is 354 g/mol. The van der Waals surface area contributed by atoms with E-state index in [2.05, 4.69) is 10.3 Å². The lowest BCUT2D eigenvalue weighted by atomic mass is 10.2. The van der Waals surface area contributed by atoms with Gasteiger partial charge in [-0.25, -0.2) is 4.39 Å². The lowest BCUT2D eigenvalue weighted by molar-refractivity contribution is 0.102. The van der Waals surface area contributed by atoms with E-state index in [9.17, 15) is 14.0 Å². The number of aromatic nitrogens is 1. The fourth-order valence-corrected chi connectivity index (χ4v) is 3.23. The van der Waals surface area contributed by atoms with E-state index in [4.69, 9.17) is 0 Å². The van der Waals surface area contributed by atoms with Gasteiger partial charge >= 0.3 is 0 Å². The minimum absolute atomic E-state index is 0.182. The first-order valence-corrected chi connectivity index (χ1v) is 8.58. The fraction of sp³-hybridized carbons (Fsp3) is 0.0526. The van der Waals surface area contributed by atoms with Crippen LogP contribution in [0.5, 0.6) is 0 Å². The highest BCUT2D eigenvalue weighted by Gasteiger charge is 2.11. The second-order valence-corrected chi connectivity index (χ2v) is 6.28. The third-order valence-electron chi connectivity index (χ3n) is 3.49. The Balaban J connectivity index is 1.76. The molecule has 0 aliphatic carbocycles. The van der Waals surface area contributed by atoms with Gasteiger partial charge in [0, 0.05) is 16.7 Å². The molecule has 1 heterocycles. The molecule has 0 unspecified atom stereocenters. The van der Waals surface area contributed by atoms with Crippen LogP contribution in [0.2, 0.25) is 0 Å². The predicted molar refractivity (Wildman–Crippen MR) is 97.4 cm³/mol. The summed E-state index contributed by atoms with van der Waals surface area (Å²) in [5.74, 6) is -0.211. The summed E-state index contributed by atoms with van der Waals surface area (Å²) < 4.78 is 13.7. The van der Waals surface area contributed by atoms with Crippen molar-refractivity contribution in [1.82, 2.24) is 4.98 Å². The molecule has 3 aromatic rings. The summed E-state index contributed by atoms with van der Waals surface area (Å²) in [7, 11) is 0. The van der Waals surface area contributed by atoms with Crippen LogP contribution >= 0.6 is 11.8 Å². The second-order valence-electron chi connectivity index (χ2n) is 5.26. The highest BCUT2D eigenvalue weighted by atomic mass is 32.2. The third-order valence-corrected chi connectivity index (χ3v) is 4.61. The van der Waals surface area contributed by atoms with E-state index in [1.807, 2.05) is 12.1 Å². The van der Waals surface area contributed by atoms with Gasteiger partial charge in [-0.2, -0.15) is 0 Å². The van der Waals surface area contributed by atoms with Gasteiger partial charge in [-0.05, 0) is 29.8 Å². The first kappa shape index (κ1) is 17.0. The average Bonchev–Trinajstić information content (AvgIpc) is 2.62.